The second kappa shape index (κ2) is 6.76. The lowest BCUT2D eigenvalue weighted by Crippen LogP contribution is -2.28. The summed E-state index contributed by atoms with van der Waals surface area (Å²) in [5.41, 5.74) is 1.47. The molecule has 25 heavy (non-hydrogen) atoms. The summed E-state index contributed by atoms with van der Waals surface area (Å²) in [5.74, 6) is 0.248. The van der Waals surface area contributed by atoms with Crippen molar-refractivity contribution in [1.29, 1.82) is 0 Å². The van der Waals surface area contributed by atoms with Gasteiger partial charge in [-0.1, -0.05) is 23.7 Å². The van der Waals surface area contributed by atoms with E-state index in [2.05, 4.69) is 10.6 Å². The van der Waals surface area contributed by atoms with Crippen LogP contribution in [0, 0.1) is 0 Å². The van der Waals surface area contributed by atoms with E-state index in [1.165, 1.54) is 14.0 Å². The number of methoxy groups -OCH3 is 1. The molecule has 0 atom stereocenters. The van der Waals surface area contributed by atoms with Crippen molar-refractivity contribution in [3.8, 4) is 5.75 Å². The summed E-state index contributed by atoms with van der Waals surface area (Å²) < 4.78 is 5.32. The summed E-state index contributed by atoms with van der Waals surface area (Å²) in [6.07, 6.45) is 1.54. The van der Waals surface area contributed by atoms with Crippen LogP contribution in [0.2, 0.25) is 5.02 Å². The summed E-state index contributed by atoms with van der Waals surface area (Å²) in [6, 6.07) is 12.5. The van der Waals surface area contributed by atoms with E-state index in [1.54, 1.807) is 24.3 Å². The molecule has 0 heterocycles. The van der Waals surface area contributed by atoms with Crippen LogP contribution >= 0.6 is 11.6 Å². The van der Waals surface area contributed by atoms with E-state index in [0.717, 1.165) is 18.4 Å². The van der Waals surface area contributed by atoms with Gasteiger partial charge in [-0.3, -0.25) is 9.59 Å². The molecule has 6 heteroatoms. The van der Waals surface area contributed by atoms with Crippen molar-refractivity contribution < 1.29 is 14.3 Å². The average molecular weight is 359 g/mol. The van der Waals surface area contributed by atoms with Gasteiger partial charge in [-0.2, -0.15) is 0 Å². The Hall–Kier alpha value is -2.53. The fraction of sp³-hybridized carbons (Fsp3) is 0.263. The van der Waals surface area contributed by atoms with Crippen LogP contribution in [0.15, 0.2) is 42.5 Å². The predicted octanol–water partition coefficient (Wildman–Crippen LogP) is 3.98. The highest BCUT2D eigenvalue weighted by Crippen LogP contribution is 2.49. The minimum atomic E-state index is -0.556. The number of carbonyl (C=O) groups excluding carboxylic acids is 2. The first-order chi connectivity index (χ1) is 11.9. The van der Waals surface area contributed by atoms with Crippen molar-refractivity contribution in [2.75, 3.05) is 17.7 Å². The van der Waals surface area contributed by atoms with E-state index in [4.69, 9.17) is 16.3 Å². The Morgan fingerprint density at radius 2 is 1.88 bits per heavy atom. The topological polar surface area (TPSA) is 67.4 Å². The number of ether oxygens (including phenoxy) is 1. The van der Waals surface area contributed by atoms with E-state index in [1.807, 2.05) is 18.2 Å². The zero-order valence-electron chi connectivity index (χ0n) is 14.1. The quantitative estimate of drug-likeness (QED) is 0.849. The molecule has 1 saturated carbocycles. The van der Waals surface area contributed by atoms with Gasteiger partial charge in [0, 0.05) is 17.6 Å². The standard InChI is InChI=1S/C19H19ClN2O3/c1-12(23)21-15-6-7-17(25-2)16(11-15)22-18(24)19(8-9-19)13-4-3-5-14(20)10-13/h3-7,10-11H,8-9H2,1-2H3,(H,21,23)(H,22,24). The Morgan fingerprint density at radius 3 is 2.48 bits per heavy atom. The number of nitrogens with one attached hydrogen (secondary N) is 2. The van der Waals surface area contributed by atoms with Crippen LogP contribution in [-0.4, -0.2) is 18.9 Å². The third-order valence-corrected chi connectivity index (χ3v) is 4.56. The first-order valence-corrected chi connectivity index (χ1v) is 8.35. The highest BCUT2D eigenvalue weighted by atomic mass is 35.5. The van der Waals surface area contributed by atoms with Crippen LogP contribution in [0.3, 0.4) is 0 Å². The maximum atomic E-state index is 12.9. The molecule has 2 amide bonds. The van der Waals surface area contributed by atoms with Gasteiger partial charge in [0.15, 0.2) is 0 Å². The van der Waals surface area contributed by atoms with E-state index >= 15 is 0 Å². The lowest BCUT2D eigenvalue weighted by atomic mass is 9.95. The van der Waals surface area contributed by atoms with Gasteiger partial charge >= 0.3 is 0 Å². The maximum absolute atomic E-state index is 12.9. The van der Waals surface area contributed by atoms with Gasteiger partial charge in [-0.15, -0.1) is 0 Å². The van der Waals surface area contributed by atoms with Gasteiger partial charge in [0.05, 0.1) is 18.2 Å². The van der Waals surface area contributed by atoms with E-state index in [9.17, 15) is 9.59 Å². The summed E-state index contributed by atoms with van der Waals surface area (Å²) in [5, 5.41) is 6.25. The Bertz CT molecular complexity index is 831. The number of amides is 2. The SMILES string of the molecule is COc1ccc(NC(C)=O)cc1NC(=O)C1(c2cccc(Cl)c2)CC1. The van der Waals surface area contributed by atoms with Gasteiger partial charge in [0.25, 0.3) is 0 Å². The van der Waals surface area contributed by atoms with Crippen LogP contribution in [0.25, 0.3) is 0 Å². The fourth-order valence-corrected chi connectivity index (χ4v) is 3.08. The molecule has 0 saturated heterocycles. The first kappa shape index (κ1) is 17.3. The molecule has 1 fully saturated rings. The van der Waals surface area contributed by atoms with Crippen LogP contribution in [0.5, 0.6) is 5.75 Å². The molecule has 0 aromatic heterocycles. The van der Waals surface area contributed by atoms with Crippen LogP contribution in [0.1, 0.15) is 25.3 Å². The van der Waals surface area contributed by atoms with Crippen molar-refractivity contribution in [2.24, 2.45) is 0 Å². The van der Waals surface area contributed by atoms with Gasteiger partial charge in [-0.25, -0.2) is 0 Å². The Morgan fingerprint density at radius 1 is 1.12 bits per heavy atom. The molecule has 0 radical (unpaired) electrons. The van der Waals surface area contributed by atoms with Crippen LogP contribution in [0.4, 0.5) is 11.4 Å². The molecule has 2 aromatic carbocycles. The molecule has 1 aliphatic carbocycles. The lowest BCUT2D eigenvalue weighted by molar-refractivity contribution is -0.118. The Kier molecular flexibility index (Phi) is 4.68. The second-order valence-corrected chi connectivity index (χ2v) is 6.58. The van der Waals surface area contributed by atoms with E-state index < -0.39 is 5.41 Å². The number of halogens is 1. The number of hydrogen-bond acceptors (Lipinski definition) is 3. The highest BCUT2D eigenvalue weighted by molar-refractivity contribution is 6.30. The van der Waals surface area contributed by atoms with Crippen molar-refractivity contribution in [3.63, 3.8) is 0 Å². The van der Waals surface area contributed by atoms with Gasteiger partial charge < -0.3 is 15.4 Å². The third-order valence-electron chi connectivity index (χ3n) is 4.33. The first-order valence-electron chi connectivity index (χ1n) is 7.98. The fourth-order valence-electron chi connectivity index (χ4n) is 2.89. The molecule has 0 unspecified atom stereocenters. The number of carbonyl (C=O) groups is 2. The largest absolute Gasteiger partial charge is 0.495 e. The normalized spacial score (nSPS) is 14.5. The summed E-state index contributed by atoms with van der Waals surface area (Å²) in [7, 11) is 1.53. The summed E-state index contributed by atoms with van der Waals surface area (Å²) in [4.78, 5) is 24.2. The molecular formula is C19H19ClN2O3. The maximum Gasteiger partial charge on any atom is 0.235 e. The molecule has 2 N–H and O–H groups in total. The molecule has 130 valence electrons. The zero-order chi connectivity index (χ0) is 18.0. The molecule has 5 nitrogen and oxygen atoms in total. The number of rotatable bonds is 5. The third kappa shape index (κ3) is 3.61. The molecule has 2 aromatic rings. The smallest absolute Gasteiger partial charge is 0.235 e. The van der Waals surface area contributed by atoms with Crippen molar-refractivity contribution >= 4 is 34.8 Å². The molecule has 3 rings (SSSR count). The van der Waals surface area contributed by atoms with Crippen LogP contribution in [-0.2, 0) is 15.0 Å². The highest BCUT2D eigenvalue weighted by Gasteiger charge is 2.51. The molecule has 0 spiro atoms. The van der Waals surface area contributed by atoms with Crippen molar-refractivity contribution in [3.05, 3.63) is 53.1 Å². The lowest BCUT2D eigenvalue weighted by Gasteiger charge is -2.18. The number of anilines is 2. The average Bonchev–Trinajstić information content (AvgIpc) is 3.36. The number of hydrogen-bond donors (Lipinski definition) is 2. The van der Waals surface area contributed by atoms with Gasteiger partial charge in [0.1, 0.15) is 5.75 Å². The van der Waals surface area contributed by atoms with Crippen LogP contribution < -0.4 is 15.4 Å². The van der Waals surface area contributed by atoms with E-state index in [-0.39, 0.29) is 11.8 Å². The molecule has 1 aliphatic rings. The molecule has 0 bridgehead atoms. The molecule has 0 aliphatic heterocycles. The molecular weight excluding hydrogens is 340 g/mol. The minimum absolute atomic E-state index is 0.104. The van der Waals surface area contributed by atoms with Crippen molar-refractivity contribution in [1.82, 2.24) is 0 Å². The predicted molar refractivity (Wildman–Crippen MR) is 98.3 cm³/mol. The Balaban J connectivity index is 1.86. The second-order valence-electron chi connectivity index (χ2n) is 6.14. The van der Waals surface area contributed by atoms with Gasteiger partial charge in [-0.05, 0) is 48.7 Å². The van der Waals surface area contributed by atoms with Crippen molar-refractivity contribution in [2.45, 2.75) is 25.2 Å². The Labute approximate surface area is 151 Å². The van der Waals surface area contributed by atoms with E-state index in [0.29, 0.717) is 22.1 Å². The minimum Gasteiger partial charge on any atom is -0.495 e. The summed E-state index contributed by atoms with van der Waals surface area (Å²) >= 11 is 6.07. The number of benzene rings is 2. The monoisotopic (exact) mass is 358 g/mol. The van der Waals surface area contributed by atoms with Gasteiger partial charge in [0.2, 0.25) is 11.8 Å². The zero-order valence-corrected chi connectivity index (χ0v) is 14.8. The summed E-state index contributed by atoms with van der Waals surface area (Å²) in [6.45, 7) is 1.43.